The van der Waals surface area contributed by atoms with Crippen LogP contribution in [0.25, 0.3) is 0 Å². The molecule has 2 aliphatic rings. The van der Waals surface area contributed by atoms with Crippen LogP contribution in [0.15, 0.2) is 52.1 Å². The Kier molecular flexibility index (Phi) is 6.72. The smallest absolute Gasteiger partial charge is 0.222 e. The molecule has 160 valence electrons. The number of guanidine groups is 1. The number of aliphatic imine (C=N–C) groups is 1. The normalized spacial score (nSPS) is 18.9. The lowest BCUT2D eigenvalue weighted by Gasteiger charge is -2.24. The lowest BCUT2D eigenvalue weighted by atomic mass is 9.98. The summed E-state index contributed by atoms with van der Waals surface area (Å²) in [5, 5.41) is 3.55. The monoisotopic (exact) mass is 408 g/mol. The fourth-order valence-electron chi connectivity index (χ4n) is 4.40. The highest BCUT2D eigenvalue weighted by molar-refractivity contribution is 5.98. The molecule has 0 saturated carbocycles. The summed E-state index contributed by atoms with van der Waals surface area (Å²) in [6.07, 6.45) is 6.26. The van der Waals surface area contributed by atoms with E-state index in [9.17, 15) is 4.79 Å². The number of anilines is 1. The summed E-state index contributed by atoms with van der Waals surface area (Å²) in [6, 6.07) is 12.6. The minimum Gasteiger partial charge on any atom is -0.469 e. The molecule has 4 rings (SSSR count). The van der Waals surface area contributed by atoms with Crippen molar-refractivity contribution in [1.82, 2.24) is 10.2 Å². The molecule has 1 aromatic carbocycles. The van der Waals surface area contributed by atoms with Gasteiger partial charge < -0.3 is 19.5 Å². The number of amides is 1. The number of carbonyl (C=O) groups excluding carboxylic acids is 1. The van der Waals surface area contributed by atoms with Crippen molar-refractivity contribution in [2.45, 2.75) is 44.9 Å². The highest BCUT2D eigenvalue weighted by Crippen LogP contribution is 2.38. The molecule has 1 atom stereocenters. The first-order valence-corrected chi connectivity index (χ1v) is 11.2. The van der Waals surface area contributed by atoms with E-state index in [1.165, 1.54) is 11.3 Å². The molecular formula is C24H32N4O2. The molecule has 1 unspecified atom stereocenters. The van der Waals surface area contributed by atoms with Crippen LogP contribution >= 0.6 is 0 Å². The topological polar surface area (TPSA) is 61.1 Å². The maximum Gasteiger partial charge on any atom is 0.222 e. The molecule has 6 heteroatoms. The Bertz CT molecular complexity index is 862. The minimum absolute atomic E-state index is 0.308. The summed E-state index contributed by atoms with van der Waals surface area (Å²) < 4.78 is 5.46. The van der Waals surface area contributed by atoms with E-state index in [0.29, 0.717) is 18.2 Å². The van der Waals surface area contributed by atoms with Crippen molar-refractivity contribution in [1.29, 1.82) is 0 Å². The standard InChI is InChI=1S/C24H32N4O2/c1-2-13-25-24(26-14-11-20-7-6-17-30-20)28-18-19(21-8-3-4-9-22(21)28)12-16-27-15-5-10-23(27)29/h3-4,6-9,17,19H,2,5,10-16,18H2,1H3,(H,25,26). The lowest BCUT2D eigenvalue weighted by molar-refractivity contribution is -0.127. The summed E-state index contributed by atoms with van der Waals surface area (Å²) >= 11 is 0. The van der Waals surface area contributed by atoms with Crippen molar-refractivity contribution >= 4 is 17.6 Å². The van der Waals surface area contributed by atoms with Crippen molar-refractivity contribution in [2.24, 2.45) is 4.99 Å². The summed E-state index contributed by atoms with van der Waals surface area (Å²) in [5.74, 6) is 2.64. The van der Waals surface area contributed by atoms with Gasteiger partial charge in [-0.2, -0.15) is 0 Å². The van der Waals surface area contributed by atoms with Gasteiger partial charge in [0, 0.05) is 57.2 Å². The number of furan rings is 1. The van der Waals surface area contributed by atoms with Gasteiger partial charge in [-0.3, -0.25) is 9.79 Å². The Morgan fingerprint density at radius 3 is 2.93 bits per heavy atom. The van der Waals surface area contributed by atoms with Crippen LogP contribution in [0.1, 0.15) is 49.8 Å². The van der Waals surface area contributed by atoms with E-state index in [0.717, 1.165) is 70.1 Å². The van der Waals surface area contributed by atoms with Gasteiger partial charge in [0.05, 0.1) is 6.26 Å². The van der Waals surface area contributed by atoms with E-state index in [-0.39, 0.29) is 0 Å². The van der Waals surface area contributed by atoms with Crippen LogP contribution in [0.5, 0.6) is 0 Å². The zero-order valence-electron chi connectivity index (χ0n) is 17.8. The van der Waals surface area contributed by atoms with E-state index in [2.05, 4.69) is 41.4 Å². The Morgan fingerprint density at radius 2 is 2.17 bits per heavy atom. The van der Waals surface area contributed by atoms with E-state index < -0.39 is 0 Å². The van der Waals surface area contributed by atoms with Crippen molar-refractivity contribution in [2.75, 3.05) is 37.6 Å². The third-order valence-corrected chi connectivity index (χ3v) is 5.96. The molecule has 1 saturated heterocycles. The van der Waals surface area contributed by atoms with Gasteiger partial charge in [-0.1, -0.05) is 25.1 Å². The van der Waals surface area contributed by atoms with Gasteiger partial charge in [0.1, 0.15) is 5.76 Å². The molecule has 30 heavy (non-hydrogen) atoms. The van der Waals surface area contributed by atoms with E-state index in [1.807, 2.05) is 17.0 Å². The summed E-state index contributed by atoms with van der Waals surface area (Å²) in [4.78, 5) is 21.2. The quantitative estimate of drug-likeness (QED) is 0.533. The van der Waals surface area contributed by atoms with Crippen LogP contribution in [0.2, 0.25) is 0 Å². The zero-order valence-corrected chi connectivity index (χ0v) is 17.8. The van der Waals surface area contributed by atoms with Gasteiger partial charge in [0.25, 0.3) is 0 Å². The number of rotatable bonds is 8. The first-order chi connectivity index (χ1) is 14.8. The Morgan fingerprint density at radius 1 is 1.27 bits per heavy atom. The van der Waals surface area contributed by atoms with Crippen LogP contribution in [0, 0.1) is 0 Å². The molecule has 1 aromatic heterocycles. The van der Waals surface area contributed by atoms with Gasteiger partial charge in [0.15, 0.2) is 5.96 Å². The molecule has 0 radical (unpaired) electrons. The molecule has 0 spiro atoms. The Hall–Kier alpha value is -2.76. The fraction of sp³-hybridized carbons (Fsp3) is 0.500. The van der Waals surface area contributed by atoms with Crippen LogP contribution in [0.4, 0.5) is 5.69 Å². The van der Waals surface area contributed by atoms with E-state index in [1.54, 1.807) is 6.26 Å². The third-order valence-electron chi connectivity index (χ3n) is 5.96. The van der Waals surface area contributed by atoms with Crippen molar-refractivity contribution in [3.8, 4) is 0 Å². The first-order valence-electron chi connectivity index (χ1n) is 11.2. The minimum atomic E-state index is 0.308. The molecule has 6 nitrogen and oxygen atoms in total. The summed E-state index contributed by atoms with van der Waals surface area (Å²) in [5.41, 5.74) is 2.59. The number of likely N-dealkylation sites (tertiary alicyclic amines) is 1. The largest absolute Gasteiger partial charge is 0.469 e. The second kappa shape index (κ2) is 9.83. The second-order valence-electron chi connectivity index (χ2n) is 8.10. The fourth-order valence-corrected chi connectivity index (χ4v) is 4.40. The molecule has 0 bridgehead atoms. The summed E-state index contributed by atoms with van der Waals surface area (Å²) in [7, 11) is 0. The summed E-state index contributed by atoms with van der Waals surface area (Å²) in [6.45, 7) is 6.39. The number of fused-ring (bicyclic) bond motifs is 1. The number of para-hydroxylation sites is 1. The van der Waals surface area contributed by atoms with Gasteiger partial charge in [-0.25, -0.2) is 0 Å². The molecule has 2 aliphatic heterocycles. The molecule has 1 amide bonds. The lowest BCUT2D eigenvalue weighted by Crippen LogP contribution is -2.42. The number of benzene rings is 1. The number of carbonyl (C=O) groups is 1. The number of nitrogens with one attached hydrogen (secondary N) is 1. The highest BCUT2D eigenvalue weighted by Gasteiger charge is 2.32. The molecule has 1 fully saturated rings. The molecular weight excluding hydrogens is 376 g/mol. The molecule has 0 aliphatic carbocycles. The predicted molar refractivity (Wildman–Crippen MR) is 120 cm³/mol. The Labute approximate surface area is 179 Å². The van der Waals surface area contributed by atoms with Crippen LogP contribution in [0.3, 0.4) is 0 Å². The van der Waals surface area contributed by atoms with Crippen LogP contribution < -0.4 is 10.2 Å². The average Bonchev–Trinajstić information content (AvgIpc) is 3.50. The average molecular weight is 409 g/mol. The van der Waals surface area contributed by atoms with Gasteiger partial charge in [-0.15, -0.1) is 0 Å². The first kappa shape index (κ1) is 20.5. The van der Waals surface area contributed by atoms with E-state index in [4.69, 9.17) is 9.41 Å². The van der Waals surface area contributed by atoms with Crippen molar-refractivity contribution in [3.63, 3.8) is 0 Å². The molecule has 1 N–H and O–H groups in total. The zero-order chi connectivity index (χ0) is 20.8. The van der Waals surface area contributed by atoms with Crippen LogP contribution in [-0.2, 0) is 11.2 Å². The number of hydrogen-bond donors (Lipinski definition) is 1. The maximum absolute atomic E-state index is 12.0. The number of hydrogen-bond acceptors (Lipinski definition) is 3. The molecule has 3 heterocycles. The molecule has 2 aromatic rings. The van der Waals surface area contributed by atoms with Gasteiger partial charge >= 0.3 is 0 Å². The van der Waals surface area contributed by atoms with Crippen LogP contribution in [-0.4, -0.2) is 49.5 Å². The SMILES string of the molecule is CCCN=C(NCCc1ccco1)N1CC(CCN2CCCC2=O)c2ccccc21. The van der Waals surface area contributed by atoms with Crippen molar-refractivity contribution < 1.29 is 9.21 Å². The second-order valence-corrected chi connectivity index (χ2v) is 8.10. The van der Waals surface area contributed by atoms with E-state index >= 15 is 0 Å². The number of nitrogens with zero attached hydrogens (tertiary/aromatic N) is 3. The highest BCUT2D eigenvalue weighted by atomic mass is 16.3. The van der Waals surface area contributed by atoms with Gasteiger partial charge in [-0.05, 0) is 43.0 Å². The van der Waals surface area contributed by atoms with Gasteiger partial charge in [0.2, 0.25) is 5.91 Å². The predicted octanol–water partition coefficient (Wildman–Crippen LogP) is 3.79. The Balaban J connectivity index is 1.45. The third kappa shape index (κ3) is 4.69. The maximum atomic E-state index is 12.0. The van der Waals surface area contributed by atoms with Crippen molar-refractivity contribution in [3.05, 3.63) is 54.0 Å².